The molecule has 4 aliphatic rings. The van der Waals surface area contributed by atoms with Gasteiger partial charge in [-0.2, -0.15) is 0 Å². The summed E-state index contributed by atoms with van der Waals surface area (Å²) in [6.07, 6.45) is -1.12. The van der Waals surface area contributed by atoms with Crippen LogP contribution in [0.4, 0.5) is 0 Å². The van der Waals surface area contributed by atoms with Gasteiger partial charge in [-0.05, 0) is 38.5 Å². The van der Waals surface area contributed by atoms with Gasteiger partial charge in [0, 0.05) is 12.5 Å². The Balaban J connectivity index is 1.70. The Morgan fingerprint density at radius 3 is 2.76 bits per heavy atom. The van der Waals surface area contributed by atoms with Gasteiger partial charge in [0.05, 0.1) is 11.0 Å². The maximum atomic E-state index is 12.3. The minimum atomic E-state index is -1.22. The van der Waals surface area contributed by atoms with Gasteiger partial charge in [0.2, 0.25) is 12.7 Å². The summed E-state index contributed by atoms with van der Waals surface area (Å²) in [5.74, 6) is 0.120. The number of nitrogens with one attached hydrogen (secondary N) is 1. The number of hydrogen-bond acceptors (Lipinski definition) is 6. The summed E-state index contributed by atoms with van der Waals surface area (Å²) in [5.41, 5.74) is -0.734. The van der Waals surface area contributed by atoms with Gasteiger partial charge in [-0.25, -0.2) is 0 Å². The van der Waals surface area contributed by atoms with Crippen LogP contribution >= 0.6 is 0 Å². The zero-order chi connectivity index (χ0) is 17.6. The van der Waals surface area contributed by atoms with E-state index in [1.807, 2.05) is 39.0 Å². The molecular weight excluding hydrogens is 326 g/mol. The molecule has 25 heavy (non-hydrogen) atoms. The Kier molecular flexibility index (Phi) is 2.76. The third-order valence-electron chi connectivity index (χ3n) is 5.94. The summed E-state index contributed by atoms with van der Waals surface area (Å²) in [6.45, 7) is 5.87. The van der Waals surface area contributed by atoms with Crippen LogP contribution in [0.25, 0.3) is 0 Å². The Morgan fingerprint density at radius 2 is 1.96 bits per heavy atom. The minimum Gasteiger partial charge on any atom is -0.454 e. The van der Waals surface area contributed by atoms with Crippen molar-refractivity contribution in [3.63, 3.8) is 0 Å². The van der Waals surface area contributed by atoms with E-state index in [1.54, 1.807) is 0 Å². The summed E-state index contributed by atoms with van der Waals surface area (Å²) in [4.78, 5) is 12.3. The fraction of sp³-hybridized carbons (Fsp3) is 0.611. The minimum absolute atomic E-state index is 0.169. The molecule has 2 saturated heterocycles. The first kappa shape index (κ1) is 15.4. The highest BCUT2D eigenvalue weighted by Crippen LogP contribution is 2.59. The zero-order valence-corrected chi connectivity index (χ0v) is 14.4. The van der Waals surface area contributed by atoms with Crippen LogP contribution in [0.3, 0.4) is 0 Å². The Labute approximate surface area is 145 Å². The topological polar surface area (TPSA) is 86.3 Å². The van der Waals surface area contributed by atoms with Crippen molar-refractivity contribution in [3.8, 4) is 11.5 Å². The number of aliphatic hydroxyl groups excluding tert-OH is 1. The summed E-state index contributed by atoms with van der Waals surface area (Å²) in [5, 5.41) is 13.9. The summed E-state index contributed by atoms with van der Waals surface area (Å²) in [7, 11) is 0. The standard InChI is InChI=1S/C18H21NO6/c1-16(2)24-15-17(3,25-16)7-12-18(15,13(20)14(21)19-12)9-4-5-10-11(6-9)23-8-22-10/h4-6,12-13,15,20H,7-8H2,1-3H3,(H,19,21)/t12-,13-,15-,17-,18+/m0/s1. The van der Waals surface area contributed by atoms with E-state index in [0.717, 1.165) is 5.56 Å². The van der Waals surface area contributed by atoms with Gasteiger partial charge in [0.1, 0.15) is 12.2 Å². The highest BCUT2D eigenvalue weighted by atomic mass is 16.8. The third-order valence-corrected chi connectivity index (χ3v) is 5.94. The molecule has 0 unspecified atom stereocenters. The lowest BCUT2D eigenvalue weighted by atomic mass is 9.71. The van der Waals surface area contributed by atoms with Gasteiger partial charge in [0.25, 0.3) is 0 Å². The smallest absolute Gasteiger partial charge is 0.250 e. The van der Waals surface area contributed by atoms with Crippen LogP contribution in [0.2, 0.25) is 0 Å². The van der Waals surface area contributed by atoms with E-state index < -0.39 is 29.0 Å². The lowest BCUT2D eigenvalue weighted by Gasteiger charge is -2.37. The molecule has 5 atom stereocenters. The van der Waals surface area contributed by atoms with Gasteiger partial charge in [-0.15, -0.1) is 0 Å². The van der Waals surface area contributed by atoms with E-state index in [0.29, 0.717) is 17.9 Å². The summed E-state index contributed by atoms with van der Waals surface area (Å²) < 4.78 is 23.3. The Hall–Kier alpha value is -1.83. The molecule has 2 N–H and O–H groups in total. The van der Waals surface area contributed by atoms with Crippen molar-refractivity contribution in [2.75, 3.05) is 6.79 Å². The van der Waals surface area contributed by atoms with Crippen molar-refractivity contribution in [2.24, 2.45) is 0 Å². The van der Waals surface area contributed by atoms with Crippen molar-refractivity contribution in [3.05, 3.63) is 23.8 Å². The molecule has 3 aliphatic heterocycles. The molecule has 7 nitrogen and oxygen atoms in total. The van der Waals surface area contributed by atoms with Crippen LogP contribution < -0.4 is 14.8 Å². The Bertz CT molecular complexity index is 779. The molecule has 5 rings (SSSR count). The molecule has 0 radical (unpaired) electrons. The van der Waals surface area contributed by atoms with Gasteiger partial charge in [-0.1, -0.05) is 6.07 Å². The van der Waals surface area contributed by atoms with Gasteiger partial charge in [-0.3, -0.25) is 4.79 Å². The number of rotatable bonds is 1. The van der Waals surface area contributed by atoms with Gasteiger partial charge in [0.15, 0.2) is 17.3 Å². The van der Waals surface area contributed by atoms with Crippen LogP contribution in [0.5, 0.6) is 11.5 Å². The van der Waals surface area contributed by atoms with E-state index in [1.165, 1.54) is 0 Å². The fourth-order valence-corrected chi connectivity index (χ4v) is 5.20. The van der Waals surface area contributed by atoms with Crippen molar-refractivity contribution in [1.29, 1.82) is 0 Å². The molecule has 0 spiro atoms. The molecule has 7 heteroatoms. The van der Waals surface area contributed by atoms with E-state index >= 15 is 0 Å². The predicted octanol–water partition coefficient (Wildman–Crippen LogP) is 0.826. The number of aliphatic hydroxyl groups is 1. The molecule has 3 fully saturated rings. The molecule has 1 aromatic carbocycles. The van der Waals surface area contributed by atoms with Crippen molar-refractivity contribution < 1.29 is 28.8 Å². The van der Waals surface area contributed by atoms with Crippen LogP contribution in [0.1, 0.15) is 32.8 Å². The van der Waals surface area contributed by atoms with Gasteiger partial charge >= 0.3 is 0 Å². The summed E-state index contributed by atoms with van der Waals surface area (Å²) >= 11 is 0. The van der Waals surface area contributed by atoms with E-state index in [2.05, 4.69) is 5.32 Å². The Morgan fingerprint density at radius 1 is 1.20 bits per heavy atom. The first-order chi connectivity index (χ1) is 11.8. The lowest BCUT2D eigenvalue weighted by Crippen LogP contribution is -2.53. The average molecular weight is 347 g/mol. The first-order valence-electron chi connectivity index (χ1n) is 8.53. The molecule has 134 valence electrons. The second kappa shape index (κ2) is 4.47. The van der Waals surface area contributed by atoms with Crippen LogP contribution in [0.15, 0.2) is 18.2 Å². The second-order valence-electron chi connectivity index (χ2n) is 7.98. The maximum absolute atomic E-state index is 12.3. The zero-order valence-electron chi connectivity index (χ0n) is 14.4. The van der Waals surface area contributed by atoms with Gasteiger partial charge < -0.3 is 29.4 Å². The van der Waals surface area contributed by atoms with Crippen molar-refractivity contribution >= 4 is 5.91 Å². The van der Waals surface area contributed by atoms with Crippen LogP contribution in [-0.4, -0.2) is 47.4 Å². The number of amides is 1. The number of ether oxygens (including phenoxy) is 4. The monoisotopic (exact) mass is 347 g/mol. The number of carbonyl (C=O) groups is 1. The number of benzene rings is 1. The molecule has 0 aromatic heterocycles. The largest absolute Gasteiger partial charge is 0.454 e. The highest BCUT2D eigenvalue weighted by molar-refractivity contribution is 5.87. The predicted molar refractivity (Wildman–Crippen MR) is 85.2 cm³/mol. The van der Waals surface area contributed by atoms with Crippen molar-refractivity contribution in [2.45, 2.75) is 62.2 Å². The molecule has 3 heterocycles. The van der Waals surface area contributed by atoms with Crippen LogP contribution in [0, 0.1) is 0 Å². The number of fused-ring (bicyclic) bond motifs is 4. The summed E-state index contributed by atoms with van der Waals surface area (Å²) in [6, 6.07) is 5.26. The third kappa shape index (κ3) is 1.78. The molecule has 1 amide bonds. The maximum Gasteiger partial charge on any atom is 0.250 e. The first-order valence-corrected chi connectivity index (χ1v) is 8.53. The second-order valence-corrected chi connectivity index (χ2v) is 7.98. The lowest BCUT2D eigenvalue weighted by molar-refractivity contribution is -0.173. The molecule has 0 bridgehead atoms. The highest BCUT2D eigenvalue weighted by Gasteiger charge is 2.74. The van der Waals surface area contributed by atoms with E-state index in [9.17, 15) is 9.90 Å². The number of carbonyl (C=O) groups excluding carboxylic acids is 1. The molecular formula is C18H21NO6. The molecule has 1 aliphatic carbocycles. The normalized spacial score (nSPS) is 43.0. The number of hydrogen-bond donors (Lipinski definition) is 2. The van der Waals surface area contributed by atoms with E-state index in [4.69, 9.17) is 18.9 Å². The molecule has 1 saturated carbocycles. The average Bonchev–Trinajstić information content (AvgIpc) is 3.19. The van der Waals surface area contributed by atoms with Crippen LogP contribution in [-0.2, 0) is 19.7 Å². The quantitative estimate of drug-likeness (QED) is 0.782. The SMILES string of the molecule is CC1(C)O[C@@H]2[C@]3(c4ccc5c(c4)OCO5)[C@H](C[C@]2(C)O1)NC(=O)[C@@H]3O. The van der Waals surface area contributed by atoms with E-state index in [-0.39, 0.29) is 18.7 Å². The van der Waals surface area contributed by atoms with Crippen molar-refractivity contribution in [1.82, 2.24) is 5.32 Å². The fourth-order valence-electron chi connectivity index (χ4n) is 5.20. The molecule has 1 aromatic rings.